The van der Waals surface area contributed by atoms with Gasteiger partial charge in [0.05, 0.1) is 5.75 Å². The normalized spacial score (nSPS) is 12.1. The van der Waals surface area contributed by atoms with Gasteiger partial charge in [0, 0.05) is 30.0 Å². The molecule has 1 aromatic carbocycles. The van der Waals surface area contributed by atoms with Crippen LogP contribution < -0.4 is 0 Å². The molecular formula is C13H17NO3S. The van der Waals surface area contributed by atoms with Gasteiger partial charge in [-0.1, -0.05) is 6.07 Å². The summed E-state index contributed by atoms with van der Waals surface area (Å²) in [5.41, 5.74) is 2.92. The Bertz CT molecular complexity index is 643. The molecule has 0 aliphatic carbocycles. The van der Waals surface area contributed by atoms with Gasteiger partial charge in [0.1, 0.15) is 0 Å². The number of sulfone groups is 1. The second kappa shape index (κ2) is 5.12. The highest BCUT2D eigenvalue weighted by molar-refractivity contribution is 7.89. The highest BCUT2D eigenvalue weighted by Crippen LogP contribution is 2.22. The number of rotatable bonds is 5. The van der Waals surface area contributed by atoms with Gasteiger partial charge in [0.15, 0.2) is 9.84 Å². The summed E-state index contributed by atoms with van der Waals surface area (Å²) < 4.78 is 22.6. The van der Waals surface area contributed by atoms with Crippen LogP contribution in [0.3, 0.4) is 0 Å². The first-order chi connectivity index (χ1) is 8.49. The lowest BCUT2D eigenvalue weighted by molar-refractivity contribution is 0.289. The van der Waals surface area contributed by atoms with Crippen molar-refractivity contribution in [2.45, 2.75) is 18.6 Å². The maximum atomic E-state index is 11.3. The second-order valence-electron chi connectivity index (χ2n) is 4.59. The van der Waals surface area contributed by atoms with Crippen LogP contribution in [0.2, 0.25) is 0 Å². The smallest absolute Gasteiger partial charge is 0.151 e. The number of benzene rings is 1. The Kier molecular flexibility index (Phi) is 3.73. The minimum atomic E-state index is -3.01. The molecule has 2 N–H and O–H groups in total. The molecule has 98 valence electrons. The third kappa shape index (κ3) is 3.11. The van der Waals surface area contributed by atoms with Crippen molar-refractivity contribution in [3.05, 3.63) is 35.5 Å². The molecule has 0 saturated carbocycles. The molecule has 0 spiro atoms. The molecule has 0 bridgehead atoms. The average molecular weight is 267 g/mol. The molecule has 0 amide bonds. The summed E-state index contributed by atoms with van der Waals surface area (Å²) in [5.74, 6) is 0.0631. The van der Waals surface area contributed by atoms with Gasteiger partial charge in [-0.05, 0) is 36.1 Å². The summed E-state index contributed by atoms with van der Waals surface area (Å²) in [6.45, 7) is 0.162. The minimum absolute atomic E-state index is 0.0631. The number of fused-ring (bicyclic) bond motifs is 1. The summed E-state index contributed by atoms with van der Waals surface area (Å²) in [5, 5.41) is 9.90. The van der Waals surface area contributed by atoms with Crippen molar-refractivity contribution in [1.29, 1.82) is 0 Å². The highest BCUT2D eigenvalue weighted by Gasteiger charge is 2.08. The molecule has 0 aliphatic heterocycles. The van der Waals surface area contributed by atoms with E-state index in [0.29, 0.717) is 6.42 Å². The first-order valence-corrected chi connectivity index (χ1v) is 7.93. The zero-order chi connectivity index (χ0) is 13.2. The molecule has 1 heterocycles. The topological polar surface area (TPSA) is 70.2 Å². The van der Waals surface area contributed by atoms with Crippen molar-refractivity contribution in [2.75, 3.05) is 12.9 Å². The summed E-state index contributed by atoms with van der Waals surface area (Å²) in [6.07, 6.45) is 4.66. The van der Waals surface area contributed by atoms with E-state index in [1.807, 2.05) is 24.4 Å². The SMILES string of the molecule is CS(=O)(=O)Cc1ccc2[nH]cc(CCCO)c2c1. The van der Waals surface area contributed by atoms with Crippen LogP contribution in [0.4, 0.5) is 0 Å². The van der Waals surface area contributed by atoms with E-state index in [0.717, 1.165) is 28.5 Å². The van der Waals surface area contributed by atoms with E-state index in [9.17, 15) is 8.42 Å². The van der Waals surface area contributed by atoms with E-state index in [1.54, 1.807) is 0 Å². The number of aliphatic hydroxyl groups is 1. The highest BCUT2D eigenvalue weighted by atomic mass is 32.2. The number of aromatic nitrogens is 1. The molecule has 0 saturated heterocycles. The van der Waals surface area contributed by atoms with E-state index < -0.39 is 9.84 Å². The zero-order valence-electron chi connectivity index (χ0n) is 10.3. The Hall–Kier alpha value is -1.33. The van der Waals surface area contributed by atoms with Crippen LogP contribution in [0.1, 0.15) is 17.5 Å². The van der Waals surface area contributed by atoms with Gasteiger partial charge in [0.25, 0.3) is 0 Å². The fraction of sp³-hybridized carbons (Fsp3) is 0.385. The van der Waals surface area contributed by atoms with Crippen molar-refractivity contribution in [1.82, 2.24) is 4.98 Å². The van der Waals surface area contributed by atoms with Crippen LogP contribution in [0, 0.1) is 0 Å². The first kappa shape index (κ1) is 13.1. The molecule has 2 aromatic rings. The lowest BCUT2D eigenvalue weighted by atomic mass is 10.1. The molecule has 0 fully saturated rings. The van der Waals surface area contributed by atoms with Gasteiger partial charge >= 0.3 is 0 Å². The van der Waals surface area contributed by atoms with Gasteiger partial charge in [-0.25, -0.2) is 8.42 Å². The van der Waals surface area contributed by atoms with Crippen LogP contribution >= 0.6 is 0 Å². The number of hydrogen-bond donors (Lipinski definition) is 2. The van der Waals surface area contributed by atoms with E-state index in [4.69, 9.17) is 5.11 Å². The lowest BCUT2D eigenvalue weighted by Crippen LogP contribution is -2.00. The van der Waals surface area contributed by atoms with Crippen LogP contribution in [-0.2, 0) is 22.0 Å². The van der Waals surface area contributed by atoms with Crippen molar-refractivity contribution < 1.29 is 13.5 Å². The molecular weight excluding hydrogens is 250 g/mol. The van der Waals surface area contributed by atoms with Crippen LogP contribution in [0.5, 0.6) is 0 Å². The van der Waals surface area contributed by atoms with Gasteiger partial charge < -0.3 is 10.1 Å². The number of hydrogen-bond acceptors (Lipinski definition) is 3. The third-order valence-electron chi connectivity index (χ3n) is 2.86. The van der Waals surface area contributed by atoms with Gasteiger partial charge in [-0.15, -0.1) is 0 Å². The molecule has 0 unspecified atom stereocenters. The molecule has 5 heteroatoms. The van der Waals surface area contributed by atoms with E-state index in [2.05, 4.69) is 4.98 Å². The Labute approximate surface area is 107 Å². The maximum Gasteiger partial charge on any atom is 0.151 e. The number of H-pyrrole nitrogens is 1. The number of nitrogens with one attached hydrogen (secondary N) is 1. The predicted octanol–water partition coefficient (Wildman–Crippen LogP) is 1.64. The largest absolute Gasteiger partial charge is 0.396 e. The first-order valence-electron chi connectivity index (χ1n) is 5.87. The standard InChI is InChI=1S/C13H17NO3S/c1-18(16,17)9-10-4-5-13-12(7-10)11(8-14-13)3-2-6-15/h4-5,7-8,14-15H,2-3,6,9H2,1H3. The summed E-state index contributed by atoms with van der Waals surface area (Å²) in [7, 11) is -3.01. The van der Waals surface area contributed by atoms with Crippen LogP contribution in [-0.4, -0.2) is 31.4 Å². The quantitative estimate of drug-likeness (QED) is 0.865. The lowest BCUT2D eigenvalue weighted by Gasteiger charge is -2.02. The molecule has 4 nitrogen and oxygen atoms in total. The summed E-state index contributed by atoms with van der Waals surface area (Å²) in [4.78, 5) is 3.16. The second-order valence-corrected chi connectivity index (χ2v) is 6.73. The molecule has 0 aliphatic rings. The maximum absolute atomic E-state index is 11.3. The minimum Gasteiger partial charge on any atom is -0.396 e. The molecule has 18 heavy (non-hydrogen) atoms. The number of aromatic amines is 1. The molecule has 0 radical (unpaired) electrons. The summed E-state index contributed by atoms with van der Waals surface area (Å²) in [6, 6.07) is 5.65. The Balaban J connectivity index is 2.36. The fourth-order valence-electron chi connectivity index (χ4n) is 2.09. The van der Waals surface area contributed by atoms with Gasteiger partial charge in [-0.2, -0.15) is 0 Å². The Morgan fingerprint density at radius 3 is 2.78 bits per heavy atom. The number of aryl methyl sites for hydroxylation is 1. The van der Waals surface area contributed by atoms with Crippen LogP contribution in [0.15, 0.2) is 24.4 Å². The van der Waals surface area contributed by atoms with Crippen molar-refractivity contribution in [2.24, 2.45) is 0 Å². The van der Waals surface area contributed by atoms with E-state index in [1.165, 1.54) is 6.26 Å². The average Bonchev–Trinajstić information content (AvgIpc) is 2.67. The Morgan fingerprint density at radius 1 is 1.33 bits per heavy atom. The van der Waals surface area contributed by atoms with E-state index in [-0.39, 0.29) is 12.4 Å². The molecule has 0 atom stereocenters. The van der Waals surface area contributed by atoms with Crippen molar-refractivity contribution >= 4 is 20.7 Å². The molecule has 2 rings (SSSR count). The monoisotopic (exact) mass is 267 g/mol. The van der Waals surface area contributed by atoms with Crippen LogP contribution in [0.25, 0.3) is 10.9 Å². The van der Waals surface area contributed by atoms with E-state index >= 15 is 0 Å². The van der Waals surface area contributed by atoms with Gasteiger partial charge in [0.2, 0.25) is 0 Å². The number of aliphatic hydroxyl groups excluding tert-OH is 1. The van der Waals surface area contributed by atoms with Crippen molar-refractivity contribution in [3.8, 4) is 0 Å². The Morgan fingerprint density at radius 2 is 2.11 bits per heavy atom. The predicted molar refractivity (Wildman–Crippen MR) is 72.3 cm³/mol. The van der Waals surface area contributed by atoms with Crippen molar-refractivity contribution in [3.63, 3.8) is 0 Å². The van der Waals surface area contributed by atoms with Gasteiger partial charge in [-0.3, -0.25) is 0 Å². The third-order valence-corrected chi connectivity index (χ3v) is 3.72. The molecule has 1 aromatic heterocycles. The zero-order valence-corrected chi connectivity index (χ0v) is 11.1. The fourth-order valence-corrected chi connectivity index (χ4v) is 2.88. The summed E-state index contributed by atoms with van der Waals surface area (Å²) >= 11 is 0.